The monoisotopic (exact) mass is 572 g/mol. The van der Waals surface area contributed by atoms with Gasteiger partial charge in [-0.15, -0.1) is 0 Å². The third-order valence-electron chi connectivity index (χ3n) is 7.59. The van der Waals surface area contributed by atoms with Crippen LogP contribution in [0.15, 0.2) is 72.8 Å². The molecule has 0 amide bonds. The molecule has 5 rings (SSSR count). The normalized spacial score (nSPS) is 15.5. The van der Waals surface area contributed by atoms with Gasteiger partial charge in [-0.2, -0.15) is 5.26 Å². The molecule has 4 heterocycles. The molecule has 11 nitrogen and oxygen atoms in total. The summed E-state index contributed by atoms with van der Waals surface area (Å²) in [6.07, 6.45) is 12.5. The molecule has 1 aliphatic heterocycles. The Bertz CT molecular complexity index is 1570. The maximum absolute atomic E-state index is 14.3. The quantitative estimate of drug-likeness (QED) is 0.252. The first-order valence-electron chi connectivity index (χ1n) is 13.7. The summed E-state index contributed by atoms with van der Waals surface area (Å²) >= 11 is 0. The summed E-state index contributed by atoms with van der Waals surface area (Å²) < 4.78 is 20.1. The Morgan fingerprint density at radius 1 is 1.07 bits per heavy atom. The van der Waals surface area contributed by atoms with E-state index in [2.05, 4.69) is 41.7 Å². The minimum Gasteiger partial charge on any atom is -0.364 e. The smallest absolute Gasteiger partial charge is 0.225 e. The first-order valence-corrected chi connectivity index (χ1v) is 15.3. The van der Waals surface area contributed by atoms with E-state index >= 15 is 0 Å². The second-order valence-electron chi connectivity index (χ2n) is 10.5. The fraction of sp³-hybridized carbons (Fsp3) is 0.379. The molecule has 1 unspecified atom stereocenters. The van der Waals surface area contributed by atoms with Gasteiger partial charge in [-0.3, -0.25) is 0 Å². The van der Waals surface area contributed by atoms with Crippen LogP contribution in [-0.4, -0.2) is 76.2 Å². The lowest BCUT2D eigenvalue weighted by molar-refractivity contribution is 0.310. The topological polar surface area (TPSA) is 112 Å². The summed E-state index contributed by atoms with van der Waals surface area (Å²) in [5.74, 6) is 5.33. The highest BCUT2D eigenvalue weighted by molar-refractivity contribution is 7.98. The minimum absolute atomic E-state index is 0.349. The Hall–Kier alpha value is -4.21. The zero-order valence-electron chi connectivity index (χ0n) is 23.6. The molecule has 1 aliphatic rings. The molecular weight excluding hydrogens is 536 g/mol. The summed E-state index contributed by atoms with van der Waals surface area (Å²) in [7, 11) is 1.02. The highest BCUT2D eigenvalue weighted by atomic mass is 32.2. The highest BCUT2D eigenvalue weighted by Gasteiger charge is 2.28. The van der Waals surface area contributed by atoms with Crippen LogP contribution < -0.4 is 9.80 Å². The number of hydrogen-bond acceptors (Lipinski definition) is 8. The van der Waals surface area contributed by atoms with E-state index in [1.807, 2.05) is 64.1 Å². The highest BCUT2D eigenvalue weighted by Crippen LogP contribution is 2.25. The SMILES string of the molecule is C=S(=O)(c1cn(C)cn1)N(CCN(Cc1cncn1C)c1ccc(C#N)cc1)CC1CCN(c2ncccn2)CC1. The summed E-state index contributed by atoms with van der Waals surface area (Å²) in [5.41, 5.74) is 2.64. The Labute approximate surface area is 241 Å². The lowest BCUT2D eigenvalue weighted by atomic mass is 9.97. The Morgan fingerprint density at radius 3 is 2.41 bits per heavy atom. The number of rotatable bonds is 11. The summed E-state index contributed by atoms with van der Waals surface area (Å²) in [4.78, 5) is 22.0. The van der Waals surface area contributed by atoms with Crippen LogP contribution in [0.1, 0.15) is 24.1 Å². The van der Waals surface area contributed by atoms with Gasteiger partial charge in [0.15, 0.2) is 5.03 Å². The summed E-state index contributed by atoms with van der Waals surface area (Å²) in [6.45, 7) is 4.10. The largest absolute Gasteiger partial charge is 0.364 e. The van der Waals surface area contributed by atoms with Crippen molar-refractivity contribution in [1.29, 1.82) is 5.26 Å². The molecule has 3 aromatic heterocycles. The number of anilines is 2. The van der Waals surface area contributed by atoms with E-state index < -0.39 is 9.71 Å². The molecule has 12 heteroatoms. The lowest BCUT2D eigenvalue weighted by Crippen LogP contribution is -2.44. The van der Waals surface area contributed by atoms with Crippen LogP contribution in [0.2, 0.25) is 0 Å². The van der Waals surface area contributed by atoms with E-state index in [9.17, 15) is 9.47 Å². The van der Waals surface area contributed by atoms with E-state index in [0.29, 0.717) is 42.7 Å². The van der Waals surface area contributed by atoms with E-state index in [1.165, 1.54) is 0 Å². The van der Waals surface area contributed by atoms with Gasteiger partial charge in [-0.1, -0.05) is 0 Å². The summed E-state index contributed by atoms with van der Waals surface area (Å²) in [5, 5.41) is 9.78. The molecule has 41 heavy (non-hydrogen) atoms. The van der Waals surface area contributed by atoms with Gasteiger partial charge in [0, 0.05) is 77.3 Å². The molecule has 0 N–H and O–H groups in total. The number of hydrogen-bond donors (Lipinski definition) is 0. The number of benzene rings is 1. The molecule has 0 saturated carbocycles. The van der Waals surface area contributed by atoms with Crippen LogP contribution >= 0.6 is 0 Å². The predicted molar refractivity (Wildman–Crippen MR) is 161 cm³/mol. The fourth-order valence-corrected chi connectivity index (χ4v) is 6.75. The second-order valence-corrected chi connectivity index (χ2v) is 12.7. The standard InChI is InChI=1S/C29H36N10OS/c1-35-21-28(34-23-35)41(3,40)39(19-25-9-13-37(14-10-25)29-32-11-4-12-33-29)16-15-38(20-27-18-31-22-36(27)2)26-7-5-24(17-30)6-8-26/h4-8,11-12,18,21-23,25H,3,9-10,13-16,19-20H2,1-2H3. The average molecular weight is 573 g/mol. The average Bonchev–Trinajstić information content (AvgIpc) is 3.63. The van der Waals surface area contributed by atoms with E-state index in [0.717, 1.165) is 43.3 Å². The number of imidazole rings is 2. The van der Waals surface area contributed by atoms with E-state index in [1.54, 1.807) is 31.2 Å². The first kappa shape index (κ1) is 28.3. The van der Waals surface area contributed by atoms with Gasteiger partial charge >= 0.3 is 0 Å². The Balaban J connectivity index is 1.35. The zero-order valence-corrected chi connectivity index (χ0v) is 24.4. The van der Waals surface area contributed by atoms with Gasteiger partial charge in [-0.25, -0.2) is 28.5 Å². The molecule has 0 spiro atoms. The van der Waals surface area contributed by atoms with Crippen molar-refractivity contribution in [3.8, 4) is 6.07 Å². The number of aryl methyl sites for hydroxylation is 2. The molecule has 0 radical (unpaired) electrons. The van der Waals surface area contributed by atoms with Crippen molar-refractivity contribution in [2.75, 3.05) is 42.5 Å². The molecule has 214 valence electrons. The number of aromatic nitrogens is 6. The van der Waals surface area contributed by atoms with Gasteiger partial charge in [-0.05, 0) is 55.0 Å². The van der Waals surface area contributed by atoms with Gasteiger partial charge in [0.05, 0.1) is 46.2 Å². The van der Waals surface area contributed by atoms with Gasteiger partial charge < -0.3 is 18.9 Å². The Kier molecular flexibility index (Phi) is 8.66. The number of piperidine rings is 1. The Morgan fingerprint density at radius 2 is 1.80 bits per heavy atom. The van der Waals surface area contributed by atoms with Crippen LogP contribution in [0.5, 0.6) is 0 Å². The molecule has 0 aliphatic carbocycles. The third-order valence-corrected chi connectivity index (χ3v) is 9.62. The molecule has 1 fully saturated rings. The van der Waals surface area contributed by atoms with E-state index in [4.69, 9.17) is 0 Å². The maximum atomic E-state index is 14.3. The predicted octanol–water partition coefficient (Wildman–Crippen LogP) is 2.73. The summed E-state index contributed by atoms with van der Waals surface area (Å²) in [6, 6.07) is 11.6. The molecule has 4 aromatic rings. The molecule has 1 aromatic carbocycles. The van der Waals surface area contributed by atoms with Gasteiger partial charge in [0.25, 0.3) is 0 Å². The minimum atomic E-state index is -2.83. The van der Waals surface area contributed by atoms with Crippen LogP contribution in [0, 0.1) is 17.2 Å². The van der Waals surface area contributed by atoms with Crippen molar-refractivity contribution in [2.24, 2.45) is 20.0 Å². The molecule has 0 bridgehead atoms. The van der Waals surface area contributed by atoms with Crippen molar-refractivity contribution < 1.29 is 4.21 Å². The molecular formula is C29H36N10OS. The van der Waals surface area contributed by atoms with Crippen molar-refractivity contribution >= 4 is 27.2 Å². The van der Waals surface area contributed by atoms with E-state index in [-0.39, 0.29) is 0 Å². The van der Waals surface area contributed by atoms with Crippen molar-refractivity contribution in [3.63, 3.8) is 0 Å². The van der Waals surface area contributed by atoms with Crippen LogP contribution in [0.25, 0.3) is 0 Å². The molecule has 1 saturated heterocycles. The lowest BCUT2D eigenvalue weighted by Gasteiger charge is -2.36. The van der Waals surface area contributed by atoms with Crippen molar-refractivity contribution in [3.05, 3.63) is 79.0 Å². The zero-order chi connectivity index (χ0) is 28.8. The fourth-order valence-electron chi connectivity index (χ4n) is 5.11. The second kappa shape index (κ2) is 12.5. The third kappa shape index (κ3) is 6.75. The maximum Gasteiger partial charge on any atom is 0.225 e. The van der Waals surface area contributed by atoms with Gasteiger partial charge in [0.1, 0.15) is 0 Å². The van der Waals surface area contributed by atoms with Crippen molar-refractivity contribution in [2.45, 2.75) is 24.4 Å². The van der Waals surface area contributed by atoms with Gasteiger partial charge in [0.2, 0.25) is 5.95 Å². The molecule has 1 atom stereocenters. The van der Waals surface area contributed by atoms with Crippen LogP contribution in [-0.2, 0) is 30.3 Å². The van der Waals surface area contributed by atoms with Crippen molar-refractivity contribution in [1.82, 2.24) is 33.4 Å². The number of nitrogens with zero attached hydrogens (tertiary/aromatic N) is 10. The van der Waals surface area contributed by atoms with Crippen LogP contribution in [0.3, 0.4) is 0 Å². The first-order chi connectivity index (χ1) is 19.8. The van der Waals surface area contributed by atoms with Crippen LogP contribution in [0.4, 0.5) is 11.6 Å². The number of nitriles is 1.